The monoisotopic (exact) mass is 418 g/mol. The molecule has 27 heavy (non-hydrogen) atoms. The van der Waals surface area contributed by atoms with Gasteiger partial charge >= 0.3 is 0 Å². The molecule has 0 bridgehead atoms. The molecule has 164 valence electrons. The highest BCUT2D eigenvalue weighted by Crippen LogP contribution is 2.31. The van der Waals surface area contributed by atoms with E-state index in [0.717, 1.165) is 18.9 Å². The highest BCUT2D eigenvalue weighted by atomic mass is 35.5. The zero-order chi connectivity index (χ0) is 20.1. The van der Waals surface area contributed by atoms with Gasteiger partial charge in [0.1, 0.15) is 0 Å². The van der Waals surface area contributed by atoms with E-state index in [1.165, 1.54) is 114 Å². The summed E-state index contributed by atoms with van der Waals surface area (Å²) in [7, 11) is -1.54. The lowest BCUT2D eigenvalue weighted by molar-refractivity contribution is 0.282. The second-order valence-electron chi connectivity index (χ2n) is 8.57. The topological polar surface area (TPSA) is 9.23 Å². The Hall–Kier alpha value is 0.467. The van der Waals surface area contributed by atoms with Gasteiger partial charge in [-0.15, -0.1) is 11.6 Å². The van der Waals surface area contributed by atoms with Crippen molar-refractivity contribution in [2.24, 2.45) is 0 Å². The smallest absolute Gasteiger partial charge is 0.192 e. The Morgan fingerprint density at radius 1 is 0.519 bits per heavy atom. The normalized spacial score (nSPS) is 12.0. The number of alkyl halides is 1. The molecule has 0 aromatic heterocycles. The fourth-order valence-corrected chi connectivity index (χ4v) is 8.68. The van der Waals surface area contributed by atoms with Gasteiger partial charge in [0.25, 0.3) is 0 Å². The summed E-state index contributed by atoms with van der Waals surface area (Å²) in [5.41, 5.74) is 0. The maximum absolute atomic E-state index is 6.86. The molecule has 0 aromatic carbocycles. The average molecular weight is 419 g/mol. The van der Waals surface area contributed by atoms with Crippen molar-refractivity contribution in [2.45, 2.75) is 142 Å². The van der Waals surface area contributed by atoms with E-state index < -0.39 is 8.32 Å². The Morgan fingerprint density at radius 3 is 1.33 bits per heavy atom. The Morgan fingerprint density at radius 2 is 0.926 bits per heavy atom. The van der Waals surface area contributed by atoms with Gasteiger partial charge in [0, 0.05) is 12.5 Å². The van der Waals surface area contributed by atoms with Crippen LogP contribution >= 0.6 is 11.6 Å². The van der Waals surface area contributed by atoms with Gasteiger partial charge in [-0.1, -0.05) is 111 Å². The van der Waals surface area contributed by atoms with Gasteiger partial charge in [0.15, 0.2) is 8.32 Å². The molecule has 0 heterocycles. The van der Waals surface area contributed by atoms with E-state index in [-0.39, 0.29) is 0 Å². The number of rotatable bonds is 22. The van der Waals surface area contributed by atoms with Gasteiger partial charge in [-0.25, -0.2) is 0 Å². The van der Waals surface area contributed by atoms with Crippen LogP contribution in [0.5, 0.6) is 0 Å². The summed E-state index contributed by atoms with van der Waals surface area (Å²) in [5.74, 6) is 0.811. The molecular formula is C24H51ClOSi. The summed E-state index contributed by atoms with van der Waals surface area (Å²) in [6.07, 6.45) is 21.6. The first-order chi connectivity index (χ1) is 13.2. The fourth-order valence-electron chi connectivity index (χ4n) is 4.05. The van der Waals surface area contributed by atoms with E-state index >= 15 is 0 Å². The lowest BCUT2D eigenvalue weighted by atomic mass is 10.2. The number of hydrogen-bond donors (Lipinski definition) is 0. The number of hydrogen-bond acceptors (Lipinski definition) is 1. The lowest BCUT2D eigenvalue weighted by Crippen LogP contribution is -2.38. The van der Waals surface area contributed by atoms with Crippen molar-refractivity contribution in [3.63, 3.8) is 0 Å². The van der Waals surface area contributed by atoms with Gasteiger partial charge in [-0.3, -0.25) is 0 Å². The van der Waals surface area contributed by atoms with E-state index in [9.17, 15) is 0 Å². The summed E-state index contributed by atoms with van der Waals surface area (Å²) < 4.78 is 6.86. The van der Waals surface area contributed by atoms with Crippen LogP contribution in [0.25, 0.3) is 0 Å². The van der Waals surface area contributed by atoms with E-state index in [1.807, 2.05) is 0 Å². The molecule has 0 saturated carbocycles. The Bertz CT molecular complexity index is 254. The summed E-state index contributed by atoms with van der Waals surface area (Å²) >= 11 is 5.81. The molecule has 0 atom stereocenters. The SMILES string of the molecule is CCCCCC[Si](CCCCCC)(CCCCCC)OCCCCCCCl. The van der Waals surface area contributed by atoms with Crippen molar-refractivity contribution < 1.29 is 4.43 Å². The molecule has 0 spiro atoms. The largest absolute Gasteiger partial charge is 0.417 e. The van der Waals surface area contributed by atoms with Crippen LogP contribution in [0, 0.1) is 0 Å². The molecule has 0 aliphatic carbocycles. The van der Waals surface area contributed by atoms with E-state index in [0.29, 0.717) is 0 Å². The van der Waals surface area contributed by atoms with Crippen LogP contribution in [0.15, 0.2) is 0 Å². The third-order valence-electron chi connectivity index (χ3n) is 5.89. The first-order valence-electron chi connectivity index (χ1n) is 12.4. The van der Waals surface area contributed by atoms with Crippen LogP contribution in [-0.4, -0.2) is 20.8 Å². The maximum atomic E-state index is 6.86. The third-order valence-corrected chi connectivity index (χ3v) is 10.8. The summed E-state index contributed by atoms with van der Waals surface area (Å²) in [6, 6.07) is 4.27. The van der Waals surface area contributed by atoms with E-state index in [4.69, 9.17) is 16.0 Å². The second kappa shape index (κ2) is 21.2. The van der Waals surface area contributed by atoms with Crippen LogP contribution in [-0.2, 0) is 4.43 Å². The van der Waals surface area contributed by atoms with Crippen LogP contribution < -0.4 is 0 Å². The van der Waals surface area contributed by atoms with E-state index in [1.54, 1.807) is 0 Å². The van der Waals surface area contributed by atoms with Crippen LogP contribution in [0.1, 0.15) is 124 Å². The fraction of sp³-hybridized carbons (Fsp3) is 1.00. The minimum Gasteiger partial charge on any atom is -0.417 e. The van der Waals surface area contributed by atoms with Crippen molar-refractivity contribution in [1.82, 2.24) is 0 Å². The minimum atomic E-state index is -1.54. The van der Waals surface area contributed by atoms with Crippen molar-refractivity contribution in [3.05, 3.63) is 0 Å². The average Bonchev–Trinajstić information content (AvgIpc) is 2.68. The molecule has 0 aliphatic heterocycles. The molecule has 0 aromatic rings. The van der Waals surface area contributed by atoms with Crippen molar-refractivity contribution in [3.8, 4) is 0 Å². The van der Waals surface area contributed by atoms with Crippen molar-refractivity contribution >= 4 is 19.9 Å². The summed E-state index contributed by atoms with van der Waals surface area (Å²) in [5, 5.41) is 0. The van der Waals surface area contributed by atoms with Gasteiger partial charge in [-0.2, -0.15) is 0 Å². The number of halogens is 1. The standard InChI is InChI=1S/C24H51ClOSi/c1-4-7-10-17-22-27(23-18-11-8-5-2,24-19-12-9-6-3)26-21-16-14-13-15-20-25/h4-24H2,1-3H3. The second-order valence-corrected chi connectivity index (χ2v) is 13.1. The molecule has 0 N–H and O–H groups in total. The van der Waals surface area contributed by atoms with Gasteiger partial charge in [0.2, 0.25) is 0 Å². The van der Waals surface area contributed by atoms with Crippen molar-refractivity contribution in [1.29, 1.82) is 0 Å². The highest BCUT2D eigenvalue weighted by molar-refractivity contribution is 6.73. The molecular weight excluding hydrogens is 368 g/mol. The maximum Gasteiger partial charge on any atom is 0.192 e. The zero-order valence-corrected chi connectivity index (χ0v) is 20.9. The molecule has 0 rings (SSSR count). The molecule has 0 fully saturated rings. The van der Waals surface area contributed by atoms with Crippen LogP contribution in [0.3, 0.4) is 0 Å². The first-order valence-corrected chi connectivity index (χ1v) is 15.5. The molecule has 3 heteroatoms. The summed E-state index contributed by atoms with van der Waals surface area (Å²) in [4.78, 5) is 0. The van der Waals surface area contributed by atoms with Gasteiger partial charge in [-0.05, 0) is 31.0 Å². The predicted octanol–water partition coefficient (Wildman–Crippen LogP) is 9.49. The minimum absolute atomic E-state index is 0.811. The van der Waals surface area contributed by atoms with Crippen molar-refractivity contribution in [2.75, 3.05) is 12.5 Å². The Labute approximate surface area is 178 Å². The molecule has 0 aliphatic rings. The van der Waals surface area contributed by atoms with E-state index in [2.05, 4.69) is 20.8 Å². The summed E-state index contributed by atoms with van der Waals surface area (Å²) in [6.45, 7) is 7.97. The molecule has 0 unspecified atom stereocenters. The quantitative estimate of drug-likeness (QED) is 0.0965. The van der Waals surface area contributed by atoms with Gasteiger partial charge < -0.3 is 4.43 Å². The zero-order valence-electron chi connectivity index (χ0n) is 19.1. The first kappa shape index (κ1) is 27.5. The third kappa shape index (κ3) is 17.1. The molecule has 1 nitrogen and oxygen atoms in total. The lowest BCUT2D eigenvalue weighted by Gasteiger charge is -2.32. The Balaban J connectivity index is 4.61. The molecule has 0 amide bonds. The highest BCUT2D eigenvalue weighted by Gasteiger charge is 2.33. The molecule has 0 radical (unpaired) electrons. The van der Waals surface area contributed by atoms with Crippen LogP contribution in [0.2, 0.25) is 18.1 Å². The predicted molar refractivity (Wildman–Crippen MR) is 128 cm³/mol. The Kier molecular flexibility index (Phi) is 21.5. The number of unbranched alkanes of at least 4 members (excludes halogenated alkanes) is 12. The van der Waals surface area contributed by atoms with Crippen LogP contribution in [0.4, 0.5) is 0 Å². The van der Waals surface area contributed by atoms with Gasteiger partial charge in [0.05, 0.1) is 0 Å². The molecule has 0 saturated heterocycles.